The van der Waals surface area contributed by atoms with Gasteiger partial charge < -0.3 is 9.64 Å². The first-order valence-corrected chi connectivity index (χ1v) is 14.5. The van der Waals surface area contributed by atoms with Gasteiger partial charge in [0.1, 0.15) is 0 Å². The Balaban J connectivity index is 1.35. The number of hydrogen-bond donors (Lipinski definition) is 0. The number of carbonyl (C=O) groups is 1. The van der Waals surface area contributed by atoms with Gasteiger partial charge in [0.2, 0.25) is 5.91 Å². The smallest absolute Gasteiger partial charge is 0.222 e. The number of nitrogens with zero attached hydrogens (tertiary/aromatic N) is 3. The van der Waals surface area contributed by atoms with Crippen LogP contribution in [-0.2, 0) is 16.0 Å². The average molecular weight is 516 g/mol. The average Bonchev–Trinajstić information content (AvgIpc) is 3.60. The summed E-state index contributed by atoms with van der Waals surface area (Å²) in [6, 6.07) is 7.79. The van der Waals surface area contributed by atoms with Crippen LogP contribution in [-0.4, -0.2) is 46.0 Å². The number of ether oxygens (including phenoxy) is 1. The van der Waals surface area contributed by atoms with Crippen molar-refractivity contribution in [2.24, 2.45) is 0 Å². The molecule has 0 bridgehead atoms. The van der Waals surface area contributed by atoms with Crippen LogP contribution in [0.5, 0.6) is 0 Å². The minimum atomic E-state index is 0.181. The summed E-state index contributed by atoms with van der Waals surface area (Å²) in [6.45, 7) is 4.49. The second-order valence-corrected chi connectivity index (χ2v) is 10.9. The Kier molecular flexibility index (Phi) is 10.0. The molecule has 1 aliphatic rings. The number of fused-ring (bicyclic) bond motifs is 1. The van der Waals surface area contributed by atoms with Crippen molar-refractivity contribution < 1.29 is 9.53 Å². The van der Waals surface area contributed by atoms with E-state index in [1.807, 2.05) is 29.2 Å². The number of amides is 1. The van der Waals surface area contributed by atoms with E-state index in [1.165, 1.54) is 37.8 Å². The highest BCUT2D eigenvalue weighted by atomic mass is 35.5. The van der Waals surface area contributed by atoms with Crippen molar-refractivity contribution >= 4 is 33.8 Å². The van der Waals surface area contributed by atoms with Crippen LogP contribution in [0, 0.1) is 0 Å². The first kappa shape index (κ1) is 26.2. The lowest BCUT2D eigenvalue weighted by Gasteiger charge is -2.25. The summed E-state index contributed by atoms with van der Waals surface area (Å²) in [7, 11) is 0. The predicted molar refractivity (Wildman–Crippen MR) is 145 cm³/mol. The highest BCUT2D eigenvalue weighted by Crippen LogP contribution is 2.25. The molecule has 1 atom stereocenters. The minimum absolute atomic E-state index is 0.181. The van der Waals surface area contributed by atoms with Gasteiger partial charge in [-0.2, -0.15) is 0 Å². The lowest BCUT2D eigenvalue weighted by Crippen LogP contribution is -2.38. The third kappa shape index (κ3) is 7.55. The molecule has 1 aromatic carbocycles. The van der Waals surface area contributed by atoms with Crippen molar-refractivity contribution in [3.8, 4) is 11.3 Å². The normalized spacial score (nSPS) is 15.8. The first-order chi connectivity index (χ1) is 17.1. The zero-order valence-corrected chi connectivity index (χ0v) is 22.5. The zero-order chi connectivity index (χ0) is 24.5. The van der Waals surface area contributed by atoms with Crippen LogP contribution in [0.3, 0.4) is 0 Å². The van der Waals surface area contributed by atoms with Crippen LogP contribution in [0.15, 0.2) is 35.8 Å². The standard InChI is InChI=1S/C28H38ClN3O2S/c1-2-3-4-5-6-7-8-11-27(33)31(19-25-10-9-18-34-25)17-16-24-21-35-28-30-26(20-32(24)28)22-12-14-23(29)15-13-22/h12-15,20-21,25H,2-11,16-19H2,1H3/t25-/m1/s1. The molecule has 4 rings (SSSR count). The summed E-state index contributed by atoms with van der Waals surface area (Å²) in [6.07, 6.45) is 14.5. The fraction of sp³-hybridized carbons (Fsp3) is 0.571. The van der Waals surface area contributed by atoms with Crippen molar-refractivity contribution in [3.05, 3.63) is 46.6 Å². The van der Waals surface area contributed by atoms with Crippen LogP contribution in [0.25, 0.3) is 16.2 Å². The molecule has 0 aliphatic carbocycles. The lowest BCUT2D eigenvalue weighted by molar-refractivity contribution is -0.132. The van der Waals surface area contributed by atoms with Crippen molar-refractivity contribution in [1.82, 2.24) is 14.3 Å². The molecular formula is C28H38ClN3O2S. The molecule has 0 saturated carbocycles. The molecule has 1 saturated heterocycles. The number of aromatic nitrogens is 2. The Morgan fingerprint density at radius 1 is 1.17 bits per heavy atom. The molecule has 35 heavy (non-hydrogen) atoms. The van der Waals surface area contributed by atoms with Crippen molar-refractivity contribution in [2.75, 3.05) is 19.7 Å². The molecule has 1 fully saturated rings. The van der Waals surface area contributed by atoms with Gasteiger partial charge in [0.05, 0.1) is 11.8 Å². The maximum absolute atomic E-state index is 13.1. The van der Waals surface area contributed by atoms with E-state index in [-0.39, 0.29) is 12.0 Å². The molecule has 2 aromatic heterocycles. The number of benzene rings is 1. The van der Waals surface area contributed by atoms with Gasteiger partial charge in [-0.05, 0) is 31.4 Å². The molecule has 1 aliphatic heterocycles. The fourth-order valence-electron chi connectivity index (χ4n) is 4.76. The van der Waals surface area contributed by atoms with Crippen molar-refractivity contribution in [3.63, 3.8) is 0 Å². The molecule has 190 valence electrons. The van der Waals surface area contributed by atoms with E-state index in [2.05, 4.69) is 22.9 Å². The SMILES string of the molecule is CCCCCCCCCC(=O)N(CCc1csc2nc(-c3ccc(Cl)cc3)cn12)C[C@H]1CCCO1. The first-order valence-electron chi connectivity index (χ1n) is 13.2. The number of imidazole rings is 1. The van der Waals surface area contributed by atoms with Gasteiger partial charge in [0.15, 0.2) is 4.96 Å². The number of thiazole rings is 1. The summed E-state index contributed by atoms with van der Waals surface area (Å²) in [5.74, 6) is 0.271. The molecular weight excluding hydrogens is 478 g/mol. The van der Waals surface area contributed by atoms with Gasteiger partial charge in [0.25, 0.3) is 0 Å². The molecule has 5 nitrogen and oxygen atoms in total. The molecule has 3 aromatic rings. The maximum Gasteiger partial charge on any atom is 0.222 e. The quantitative estimate of drug-likeness (QED) is 0.210. The second-order valence-electron chi connectivity index (χ2n) is 9.61. The Morgan fingerprint density at radius 2 is 1.94 bits per heavy atom. The number of hydrogen-bond acceptors (Lipinski definition) is 4. The minimum Gasteiger partial charge on any atom is -0.376 e. The van der Waals surface area contributed by atoms with E-state index in [9.17, 15) is 4.79 Å². The van der Waals surface area contributed by atoms with Crippen LogP contribution >= 0.6 is 22.9 Å². The second kappa shape index (κ2) is 13.4. The largest absolute Gasteiger partial charge is 0.376 e. The number of rotatable bonds is 14. The maximum atomic E-state index is 13.1. The Morgan fingerprint density at radius 3 is 2.69 bits per heavy atom. The van der Waals surface area contributed by atoms with Gasteiger partial charge in [0, 0.05) is 60.4 Å². The highest BCUT2D eigenvalue weighted by molar-refractivity contribution is 7.15. The topological polar surface area (TPSA) is 46.8 Å². The molecule has 0 unspecified atom stereocenters. The highest BCUT2D eigenvalue weighted by Gasteiger charge is 2.23. The van der Waals surface area contributed by atoms with E-state index in [0.29, 0.717) is 13.0 Å². The van der Waals surface area contributed by atoms with Crippen molar-refractivity contribution in [2.45, 2.75) is 83.7 Å². The molecule has 3 heterocycles. The molecule has 7 heteroatoms. The van der Waals surface area contributed by atoms with Gasteiger partial charge in [-0.3, -0.25) is 9.20 Å². The lowest BCUT2D eigenvalue weighted by atomic mass is 10.1. The third-order valence-corrected chi connectivity index (χ3v) is 8.00. The summed E-state index contributed by atoms with van der Waals surface area (Å²) in [5, 5.41) is 2.89. The summed E-state index contributed by atoms with van der Waals surface area (Å²) < 4.78 is 8.03. The van der Waals surface area contributed by atoms with Crippen LogP contribution in [0.4, 0.5) is 0 Å². The Bertz CT molecular complexity index is 1060. The monoisotopic (exact) mass is 515 g/mol. The van der Waals surface area contributed by atoms with Gasteiger partial charge >= 0.3 is 0 Å². The summed E-state index contributed by atoms with van der Waals surface area (Å²) in [4.78, 5) is 21.0. The fourth-order valence-corrected chi connectivity index (χ4v) is 5.80. The van der Waals surface area contributed by atoms with Gasteiger partial charge in [-0.1, -0.05) is 69.2 Å². The van der Waals surface area contributed by atoms with E-state index in [1.54, 1.807) is 11.3 Å². The van der Waals surface area contributed by atoms with E-state index < -0.39 is 0 Å². The van der Waals surface area contributed by atoms with Crippen LogP contribution in [0.2, 0.25) is 5.02 Å². The Hall–Kier alpha value is -1.89. The summed E-state index contributed by atoms with van der Waals surface area (Å²) in [5.41, 5.74) is 3.20. The van der Waals surface area contributed by atoms with Gasteiger partial charge in [-0.15, -0.1) is 11.3 Å². The van der Waals surface area contributed by atoms with Crippen LogP contribution < -0.4 is 0 Å². The van der Waals surface area contributed by atoms with E-state index in [0.717, 1.165) is 66.5 Å². The molecule has 0 radical (unpaired) electrons. The number of carbonyl (C=O) groups excluding carboxylic acids is 1. The van der Waals surface area contributed by atoms with E-state index >= 15 is 0 Å². The van der Waals surface area contributed by atoms with Gasteiger partial charge in [-0.25, -0.2) is 4.98 Å². The Labute approximate surface area is 218 Å². The van der Waals surface area contributed by atoms with Crippen LogP contribution in [0.1, 0.15) is 76.8 Å². The molecule has 1 amide bonds. The summed E-state index contributed by atoms with van der Waals surface area (Å²) >= 11 is 7.69. The predicted octanol–water partition coefficient (Wildman–Crippen LogP) is 7.41. The molecule has 0 N–H and O–H groups in total. The number of unbranched alkanes of at least 4 members (excludes halogenated alkanes) is 6. The van der Waals surface area contributed by atoms with E-state index in [4.69, 9.17) is 21.3 Å². The zero-order valence-electron chi connectivity index (χ0n) is 20.9. The third-order valence-electron chi connectivity index (χ3n) is 6.86. The van der Waals surface area contributed by atoms with Crippen molar-refractivity contribution in [1.29, 1.82) is 0 Å². The number of halogens is 1. The molecule has 0 spiro atoms.